The van der Waals surface area contributed by atoms with Crippen LogP contribution in [0.1, 0.15) is 17.2 Å². The Morgan fingerprint density at radius 2 is 1.87 bits per heavy atom. The van der Waals surface area contributed by atoms with E-state index in [1.165, 1.54) is 25.3 Å². The molecule has 1 heterocycles. The van der Waals surface area contributed by atoms with E-state index in [1.54, 1.807) is 42.6 Å². The molecule has 3 rings (SSSR count). The van der Waals surface area contributed by atoms with E-state index in [-0.39, 0.29) is 22.3 Å². The maximum absolute atomic E-state index is 12.7. The number of pyridine rings is 1. The van der Waals surface area contributed by atoms with E-state index in [0.717, 1.165) is 11.1 Å². The van der Waals surface area contributed by atoms with E-state index < -0.39 is 15.9 Å². The van der Waals surface area contributed by atoms with Crippen LogP contribution in [0.25, 0.3) is 0 Å². The molecular weight excluding hydrogens is 459 g/mol. The maximum atomic E-state index is 12.7. The predicted molar refractivity (Wildman–Crippen MR) is 123 cm³/mol. The van der Waals surface area contributed by atoms with Gasteiger partial charge in [0.25, 0.3) is 0 Å². The number of rotatable bonds is 9. The molecule has 0 aliphatic rings. The lowest BCUT2D eigenvalue weighted by Gasteiger charge is -2.12. The molecule has 0 saturated heterocycles. The van der Waals surface area contributed by atoms with Gasteiger partial charge in [0.15, 0.2) is 5.03 Å². The molecule has 0 unspecified atom stereocenters. The number of aliphatic hydroxyl groups is 1. The first kappa shape index (κ1) is 25.1. The molecule has 0 bridgehead atoms. The molecule has 0 saturated carbocycles. The Morgan fingerprint density at radius 3 is 2.48 bits per heavy atom. The fourth-order valence-electron chi connectivity index (χ4n) is 2.90. The zero-order valence-corrected chi connectivity index (χ0v) is 19.3. The number of benzene rings is 2. The van der Waals surface area contributed by atoms with Crippen LogP contribution in [0.15, 0.2) is 76.8 Å². The number of nitrogens with zero attached hydrogens (tertiary/aromatic N) is 1. The van der Waals surface area contributed by atoms with Gasteiger partial charge < -0.3 is 15.2 Å². The van der Waals surface area contributed by atoms with Gasteiger partial charge in [-0.2, -0.15) is 0 Å². The van der Waals surface area contributed by atoms with Crippen molar-refractivity contribution in [1.29, 1.82) is 0 Å². The zero-order valence-electron chi connectivity index (χ0n) is 16.9. The van der Waals surface area contributed by atoms with Crippen molar-refractivity contribution in [2.45, 2.75) is 22.4 Å². The average molecular weight is 483 g/mol. The third kappa shape index (κ3) is 6.66. The third-order valence-corrected chi connectivity index (χ3v) is 6.52. The first-order valence-electron chi connectivity index (χ1n) is 9.38. The normalized spacial score (nSPS) is 12.1. The summed E-state index contributed by atoms with van der Waals surface area (Å²) in [5.41, 5.74) is 1.65. The number of nitrogens with one attached hydrogen (secondary N) is 1. The topological polar surface area (TPSA) is 88.5 Å². The largest absolute Gasteiger partial charge is 0.497 e. The second-order valence-corrected chi connectivity index (χ2v) is 9.04. The molecule has 0 aliphatic heterocycles. The van der Waals surface area contributed by atoms with Gasteiger partial charge >= 0.3 is 0 Å². The Kier molecular flexibility index (Phi) is 9.28. The van der Waals surface area contributed by atoms with Crippen molar-refractivity contribution in [2.24, 2.45) is 0 Å². The van der Waals surface area contributed by atoms with Crippen molar-refractivity contribution >= 4 is 33.8 Å². The van der Waals surface area contributed by atoms with Crippen LogP contribution >= 0.6 is 24.0 Å². The van der Waals surface area contributed by atoms with Gasteiger partial charge in [-0.1, -0.05) is 29.8 Å². The SMILES string of the molecule is COc1ccc(S(=O)(=O)c2ccc(CCNC[C@H](O)c3cccc(Cl)c3)cn2)cc1.Cl. The average Bonchev–Trinajstić information content (AvgIpc) is 2.77. The van der Waals surface area contributed by atoms with Gasteiger partial charge in [0.1, 0.15) is 5.75 Å². The lowest BCUT2D eigenvalue weighted by molar-refractivity contribution is 0.175. The van der Waals surface area contributed by atoms with Crippen molar-refractivity contribution in [2.75, 3.05) is 20.2 Å². The van der Waals surface area contributed by atoms with Crippen LogP contribution in [0.4, 0.5) is 0 Å². The fourth-order valence-corrected chi connectivity index (χ4v) is 4.27. The van der Waals surface area contributed by atoms with Gasteiger partial charge in [0.05, 0.1) is 18.1 Å². The minimum atomic E-state index is -3.68. The predicted octanol–water partition coefficient (Wildman–Crippen LogP) is 3.86. The van der Waals surface area contributed by atoms with Crippen molar-refractivity contribution in [3.05, 3.63) is 83.0 Å². The minimum absolute atomic E-state index is 0. The number of aromatic nitrogens is 1. The molecule has 0 fully saturated rings. The Bertz CT molecular complexity index is 1080. The highest BCUT2D eigenvalue weighted by molar-refractivity contribution is 7.91. The maximum Gasteiger partial charge on any atom is 0.223 e. The van der Waals surface area contributed by atoms with Crippen LogP contribution in [0.2, 0.25) is 5.02 Å². The van der Waals surface area contributed by atoms with Crippen molar-refractivity contribution in [3.63, 3.8) is 0 Å². The number of methoxy groups -OCH3 is 1. The molecule has 0 radical (unpaired) electrons. The lowest BCUT2D eigenvalue weighted by atomic mass is 10.1. The summed E-state index contributed by atoms with van der Waals surface area (Å²) >= 11 is 5.94. The van der Waals surface area contributed by atoms with E-state index in [0.29, 0.717) is 30.3 Å². The van der Waals surface area contributed by atoms with Gasteiger partial charge in [0.2, 0.25) is 9.84 Å². The highest BCUT2D eigenvalue weighted by Crippen LogP contribution is 2.22. The van der Waals surface area contributed by atoms with Crippen LogP contribution in [0, 0.1) is 0 Å². The molecule has 0 aliphatic carbocycles. The third-order valence-electron chi connectivity index (χ3n) is 4.60. The summed E-state index contributed by atoms with van der Waals surface area (Å²) in [7, 11) is -2.15. The number of ether oxygens (including phenoxy) is 1. The molecule has 3 aromatic rings. The van der Waals surface area contributed by atoms with Crippen molar-refractivity contribution < 1.29 is 18.3 Å². The summed E-state index contributed by atoms with van der Waals surface area (Å²) < 4.78 is 30.4. The van der Waals surface area contributed by atoms with Gasteiger partial charge in [-0.3, -0.25) is 0 Å². The summed E-state index contributed by atoms with van der Waals surface area (Å²) in [5, 5.41) is 14.0. The van der Waals surface area contributed by atoms with E-state index in [4.69, 9.17) is 16.3 Å². The molecule has 2 N–H and O–H groups in total. The van der Waals surface area contributed by atoms with Crippen LogP contribution < -0.4 is 10.1 Å². The van der Waals surface area contributed by atoms with E-state index >= 15 is 0 Å². The van der Waals surface area contributed by atoms with Crippen LogP contribution in [-0.2, 0) is 16.3 Å². The Labute approximate surface area is 193 Å². The first-order chi connectivity index (χ1) is 14.4. The van der Waals surface area contributed by atoms with Gasteiger partial charge in [-0.15, -0.1) is 12.4 Å². The molecule has 2 aromatic carbocycles. The first-order valence-corrected chi connectivity index (χ1v) is 11.2. The molecule has 31 heavy (non-hydrogen) atoms. The zero-order chi connectivity index (χ0) is 21.6. The lowest BCUT2D eigenvalue weighted by Crippen LogP contribution is -2.23. The molecule has 1 aromatic heterocycles. The smallest absolute Gasteiger partial charge is 0.223 e. The highest BCUT2D eigenvalue weighted by Gasteiger charge is 2.19. The van der Waals surface area contributed by atoms with E-state index in [2.05, 4.69) is 10.3 Å². The highest BCUT2D eigenvalue weighted by atomic mass is 35.5. The van der Waals surface area contributed by atoms with Gasteiger partial charge in [-0.25, -0.2) is 13.4 Å². The number of halogens is 2. The number of sulfone groups is 1. The molecule has 0 amide bonds. The molecule has 6 nitrogen and oxygen atoms in total. The quantitative estimate of drug-likeness (QED) is 0.450. The summed E-state index contributed by atoms with van der Waals surface area (Å²) in [6.45, 7) is 1.00. The molecular formula is C22H24Cl2N2O4S. The van der Waals surface area contributed by atoms with Crippen LogP contribution in [-0.4, -0.2) is 38.7 Å². The van der Waals surface area contributed by atoms with Gasteiger partial charge in [-0.05, 0) is 66.6 Å². The van der Waals surface area contributed by atoms with Crippen molar-refractivity contribution in [3.8, 4) is 5.75 Å². The summed E-state index contributed by atoms with van der Waals surface area (Å²) in [4.78, 5) is 4.30. The number of hydrogen-bond donors (Lipinski definition) is 2. The van der Waals surface area contributed by atoms with Gasteiger partial charge in [0, 0.05) is 17.8 Å². The summed E-state index contributed by atoms with van der Waals surface area (Å²) in [6, 6.07) is 16.6. The second kappa shape index (κ2) is 11.5. The molecule has 1 atom stereocenters. The Hall–Kier alpha value is -2.16. The van der Waals surface area contributed by atoms with E-state index in [9.17, 15) is 13.5 Å². The standard InChI is InChI=1S/C22H23ClN2O4S.ClH/c1-29-19-6-8-20(9-7-19)30(27,28)22-10-5-16(14-25-22)11-12-24-15-21(26)17-3-2-4-18(23)13-17;/h2-10,13-14,21,24,26H,11-12,15H2,1H3;1H/t21-;/m0./s1. The van der Waals surface area contributed by atoms with Crippen LogP contribution in [0.3, 0.4) is 0 Å². The summed E-state index contributed by atoms with van der Waals surface area (Å²) in [6.07, 6.45) is 1.56. The van der Waals surface area contributed by atoms with E-state index in [1.807, 2.05) is 6.07 Å². The molecule has 166 valence electrons. The fraction of sp³-hybridized carbons (Fsp3) is 0.227. The molecule has 9 heteroatoms. The minimum Gasteiger partial charge on any atom is -0.497 e. The summed E-state index contributed by atoms with van der Waals surface area (Å²) in [5.74, 6) is 0.588. The second-order valence-electron chi connectivity index (χ2n) is 6.71. The Morgan fingerprint density at radius 1 is 1.13 bits per heavy atom. The number of aliphatic hydroxyl groups excluding tert-OH is 1. The monoisotopic (exact) mass is 482 g/mol. The Balaban J connectivity index is 0.00000341. The van der Waals surface area contributed by atoms with Crippen molar-refractivity contribution in [1.82, 2.24) is 10.3 Å². The number of hydrogen-bond acceptors (Lipinski definition) is 6. The molecule has 0 spiro atoms. The van der Waals surface area contributed by atoms with Crippen LogP contribution in [0.5, 0.6) is 5.75 Å².